The quantitative estimate of drug-likeness (QED) is 0.0631. The first-order valence-electron chi connectivity index (χ1n) is 10.2. The van der Waals surface area contributed by atoms with Gasteiger partial charge in [-0.15, -0.1) is 0 Å². The summed E-state index contributed by atoms with van der Waals surface area (Å²) in [7, 11) is -5.28. The third-order valence-corrected chi connectivity index (χ3v) is 3.67. The molecule has 0 aliphatic heterocycles. The van der Waals surface area contributed by atoms with Gasteiger partial charge in [-0.3, -0.25) is 9.59 Å². The molecule has 0 rings (SSSR count). The first-order valence-corrected chi connectivity index (χ1v) is 11.7. The van der Waals surface area contributed by atoms with E-state index in [1.54, 1.807) is 6.92 Å². The summed E-state index contributed by atoms with van der Waals surface area (Å²) in [5.41, 5.74) is 4.47. The van der Waals surface area contributed by atoms with E-state index in [2.05, 4.69) is 64.5 Å². The molecule has 0 saturated carbocycles. The molecule has 200 valence electrons. The fourth-order valence-electron chi connectivity index (χ4n) is 1.88. The second kappa shape index (κ2) is 28.3. The zero-order valence-electron chi connectivity index (χ0n) is 21.4. The van der Waals surface area contributed by atoms with E-state index in [-0.39, 0.29) is 81.4 Å². The maximum absolute atomic E-state index is 11.9. The Bertz CT molecular complexity index is 975. The van der Waals surface area contributed by atoms with Crippen LogP contribution in [0.2, 0.25) is 0 Å². The van der Waals surface area contributed by atoms with Gasteiger partial charge in [0, 0.05) is 29.3 Å². The third-order valence-electron chi connectivity index (χ3n) is 3.20. The maximum Gasteiger partial charge on any atom is 1.00 e. The zero-order chi connectivity index (χ0) is 26.2. The molecule has 0 aromatic carbocycles. The predicted octanol–water partition coefficient (Wildman–Crippen LogP) is -4.10. The van der Waals surface area contributed by atoms with Gasteiger partial charge in [-0.05, 0) is 48.9 Å². The molecular weight excluding hydrogens is 511 g/mol. The van der Waals surface area contributed by atoms with Gasteiger partial charge in [0.2, 0.25) is 5.91 Å². The fraction of sp³-hybridized carbons (Fsp3) is 0.522. The maximum atomic E-state index is 11.9. The summed E-state index contributed by atoms with van der Waals surface area (Å²) in [4.78, 5) is 53.9. The average Bonchev–Trinajstić information content (AvgIpc) is 2.74. The van der Waals surface area contributed by atoms with Crippen molar-refractivity contribution in [3.63, 3.8) is 0 Å². The van der Waals surface area contributed by atoms with Crippen LogP contribution in [0.3, 0.4) is 0 Å². The molecule has 10 nitrogen and oxygen atoms in total. The van der Waals surface area contributed by atoms with Gasteiger partial charge in [-0.1, -0.05) is 38.5 Å². The van der Waals surface area contributed by atoms with Crippen molar-refractivity contribution in [3.8, 4) is 47.4 Å². The third kappa shape index (κ3) is 37.3. The van der Waals surface area contributed by atoms with E-state index < -0.39 is 39.1 Å². The van der Waals surface area contributed by atoms with Crippen LogP contribution in [0.4, 0.5) is 0 Å². The number of carbonyl (C=O) groups excluding carboxylic acids is 3. The van der Waals surface area contributed by atoms with E-state index in [9.17, 15) is 28.7 Å². The molecule has 0 aromatic rings. The van der Waals surface area contributed by atoms with Crippen molar-refractivity contribution in [2.24, 2.45) is 5.73 Å². The second-order valence-corrected chi connectivity index (χ2v) is 7.51. The molecule has 1 atom stereocenters. The van der Waals surface area contributed by atoms with Gasteiger partial charge in [0.1, 0.15) is 6.61 Å². The van der Waals surface area contributed by atoms with Gasteiger partial charge in [-0.25, -0.2) is 4.79 Å². The number of phosphoric acid groups is 1. The number of phosphoric ester groups is 1. The molecule has 0 aliphatic rings. The Morgan fingerprint density at radius 3 is 2.00 bits per heavy atom. The normalized spacial score (nSPS) is 9.36. The van der Waals surface area contributed by atoms with E-state index in [1.165, 1.54) is 6.92 Å². The Labute approximate surface area is 267 Å². The second-order valence-electron chi connectivity index (χ2n) is 6.35. The van der Waals surface area contributed by atoms with E-state index in [0.29, 0.717) is 6.42 Å². The predicted molar refractivity (Wildman–Crippen MR) is 134 cm³/mol. The van der Waals surface area contributed by atoms with Crippen LogP contribution in [0.25, 0.3) is 0 Å². The number of carbonyl (C=O) groups is 3. The van der Waals surface area contributed by atoms with E-state index in [0.717, 1.165) is 25.7 Å². The monoisotopic (exact) mass is 553 g/mol. The van der Waals surface area contributed by atoms with Crippen LogP contribution in [0.15, 0.2) is 0 Å². The molecule has 13 heteroatoms. The largest absolute Gasteiger partial charge is 1.00 e. The molecule has 0 aliphatic carbocycles. The molecule has 36 heavy (non-hydrogen) atoms. The van der Waals surface area contributed by atoms with Crippen molar-refractivity contribution in [3.05, 3.63) is 0 Å². The number of hydrogen-bond donors (Lipinski definition) is 1. The molecule has 0 unspecified atom stereocenters. The molecule has 0 aromatic heterocycles. The topological polar surface area (TPSA) is 168 Å². The number of primary amides is 1. The molecule has 0 heterocycles. The van der Waals surface area contributed by atoms with Crippen molar-refractivity contribution >= 4 is 25.7 Å². The minimum absolute atomic E-state index is 0. The summed E-state index contributed by atoms with van der Waals surface area (Å²) in [5, 5.41) is 0. The Hall–Kier alpha value is -1.24. The minimum Gasteiger partial charge on any atom is -0.790 e. The van der Waals surface area contributed by atoms with Crippen LogP contribution in [0.5, 0.6) is 0 Å². The van der Waals surface area contributed by atoms with Crippen LogP contribution in [-0.4, -0.2) is 37.2 Å². The number of nitrogens with two attached hydrogens (primary N) is 1. The van der Waals surface area contributed by atoms with Gasteiger partial charge in [0.05, 0.1) is 14.4 Å². The van der Waals surface area contributed by atoms with Crippen LogP contribution < -0.4 is 74.6 Å². The van der Waals surface area contributed by atoms with Gasteiger partial charge in [-0.2, -0.15) is 0 Å². The SMILES string of the molecule is CC#CC#CC#CC#CC(=O)OC[C@H](COP(=O)([O-])[O-])OC(=O)CCCCCCC.CC(N)=O.[HH].[HH].[HH].[HH].[HH].[HH].[HH].[Na+].[Na+]. The number of esters is 2. The number of rotatable bonds is 12. The van der Waals surface area contributed by atoms with Gasteiger partial charge >= 0.3 is 71.1 Å². The van der Waals surface area contributed by atoms with Gasteiger partial charge in [0.25, 0.3) is 0 Å². The first kappa shape index (κ1) is 41.9. The van der Waals surface area contributed by atoms with E-state index in [1.807, 2.05) is 0 Å². The Balaban J connectivity index is -0.0000000821. The average molecular weight is 554 g/mol. The summed E-state index contributed by atoms with van der Waals surface area (Å²) < 4.78 is 24.6. The van der Waals surface area contributed by atoms with Crippen LogP contribution in [-0.2, 0) is 32.9 Å². The number of hydrogen-bond acceptors (Lipinski definition) is 9. The van der Waals surface area contributed by atoms with E-state index in [4.69, 9.17) is 9.47 Å². The summed E-state index contributed by atoms with van der Waals surface area (Å²) in [6.07, 6.45) is 3.41. The molecule has 0 bridgehead atoms. The number of ether oxygens (including phenoxy) is 2. The summed E-state index contributed by atoms with van der Waals surface area (Å²) in [5.74, 6) is 16.8. The molecule has 2 N–H and O–H groups in total. The molecular formula is C23H42NNa2O9P. The molecule has 0 saturated heterocycles. The Morgan fingerprint density at radius 2 is 1.47 bits per heavy atom. The number of unbranched alkanes of at least 4 members (excludes halogenated alkanes) is 4. The fourth-order valence-corrected chi connectivity index (χ4v) is 2.23. The van der Waals surface area contributed by atoms with E-state index >= 15 is 0 Å². The number of amides is 1. The molecule has 1 amide bonds. The minimum atomic E-state index is -5.28. The zero-order valence-corrected chi connectivity index (χ0v) is 26.3. The Kier molecular flexibility index (Phi) is 33.0. The smallest absolute Gasteiger partial charge is 0.790 e. The van der Waals surface area contributed by atoms with Gasteiger partial charge < -0.3 is 34.1 Å². The van der Waals surface area contributed by atoms with Crippen molar-refractivity contribution < 1.29 is 112 Å². The van der Waals surface area contributed by atoms with Crippen LogP contribution in [0, 0.1) is 47.4 Å². The van der Waals surface area contributed by atoms with Crippen molar-refractivity contribution in [1.29, 1.82) is 0 Å². The first-order chi connectivity index (χ1) is 16.0. The molecule has 0 fully saturated rings. The van der Waals surface area contributed by atoms with Crippen molar-refractivity contribution in [1.82, 2.24) is 0 Å². The standard InChI is InChI=1S/C21H25O8P.C2H5NO.2Na.7H2/c1-3-5-7-9-10-12-13-15-20(22)27-17-19(18-28-30(24,25)26)29-21(23)16-14-11-8-6-4-2;1-2(3)4;;;;;;;;;/h19H,4,6,8,11,14,16-18H2,1-2H3,(H2,24,25,26);1H3,(H2,3,4);;;7*1H/q;;2*+1;;;;;;;/p-2/t19-;;;;;;;;;;/m1........../s1. The summed E-state index contributed by atoms with van der Waals surface area (Å²) in [6, 6.07) is 0. The Morgan fingerprint density at radius 1 is 0.944 bits per heavy atom. The van der Waals surface area contributed by atoms with Gasteiger partial charge in [0.15, 0.2) is 6.10 Å². The summed E-state index contributed by atoms with van der Waals surface area (Å²) >= 11 is 0. The van der Waals surface area contributed by atoms with Crippen LogP contribution >= 0.6 is 7.82 Å². The van der Waals surface area contributed by atoms with Crippen molar-refractivity contribution in [2.75, 3.05) is 13.2 Å². The summed E-state index contributed by atoms with van der Waals surface area (Å²) in [6.45, 7) is 3.70. The van der Waals surface area contributed by atoms with Crippen LogP contribution in [0.1, 0.15) is 69.3 Å². The molecule has 0 spiro atoms. The van der Waals surface area contributed by atoms with Crippen molar-refractivity contribution in [2.45, 2.75) is 65.4 Å². The molecule has 0 radical (unpaired) electrons.